The normalized spacial score (nSPS) is 22.9. The van der Waals surface area contributed by atoms with Crippen LogP contribution in [0.15, 0.2) is 60.7 Å². The lowest BCUT2D eigenvalue weighted by Gasteiger charge is -2.28. The van der Waals surface area contributed by atoms with Gasteiger partial charge in [0, 0.05) is 25.6 Å². The minimum Gasteiger partial charge on any atom is -0.344 e. The zero-order valence-electron chi connectivity index (χ0n) is 12.2. The largest absolute Gasteiger partial charge is 0.344 e. The van der Waals surface area contributed by atoms with Gasteiger partial charge in [-0.05, 0) is 11.1 Å². The molecule has 1 fully saturated rings. The van der Waals surface area contributed by atoms with Crippen LogP contribution in [0.1, 0.15) is 23.1 Å². The number of hydrogen-bond acceptors (Lipinski definition) is 2. The molecular weight excluding hydrogens is 260 g/mol. The van der Waals surface area contributed by atoms with Gasteiger partial charge in [0.2, 0.25) is 5.91 Å². The second-order valence-electron chi connectivity index (χ2n) is 5.56. The summed E-state index contributed by atoms with van der Waals surface area (Å²) < 4.78 is 0. The molecule has 0 saturated carbocycles. The summed E-state index contributed by atoms with van der Waals surface area (Å²) in [5, 5.41) is 3.44. The molecule has 21 heavy (non-hydrogen) atoms. The first-order valence-electron chi connectivity index (χ1n) is 7.33. The SMILES string of the molecule is CN1C[C@H](c2ccccc2)[C@H](c2ccccc2)NCC1=O. The minimum atomic E-state index is 0.148. The summed E-state index contributed by atoms with van der Waals surface area (Å²) in [7, 11) is 1.88. The summed E-state index contributed by atoms with van der Waals surface area (Å²) in [4.78, 5) is 13.9. The smallest absolute Gasteiger partial charge is 0.236 e. The lowest BCUT2D eigenvalue weighted by molar-refractivity contribution is -0.128. The van der Waals surface area contributed by atoms with Crippen molar-refractivity contribution in [1.29, 1.82) is 0 Å². The molecule has 0 bridgehead atoms. The van der Waals surface area contributed by atoms with Crippen molar-refractivity contribution in [1.82, 2.24) is 10.2 Å². The Morgan fingerprint density at radius 2 is 1.52 bits per heavy atom. The van der Waals surface area contributed by atoms with Crippen molar-refractivity contribution in [2.75, 3.05) is 20.1 Å². The molecule has 3 heteroatoms. The number of carbonyl (C=O) groups excluding carboxylic acids is 1. The Hall–Kier alpha value is -2.13. The molecule has 0 aromatic heterocycles. The fraction of sp³-hybridized carbons (Fsp3) is 0.278. The van der Waals surface area contributed by atoms with Crippen molar-refractivity contribution >= 4 is 5.91 Å². The van der Waals surface area contributed by atoms with Gasteiger partial charge in [-0.2, -0.15) is 0 Å². The molecule has 1 saturated heterocycles. The fourth-order valence-corrected chi connectivity index (χ4v) is 2.99. The molecule has 2 aromatic carbocycles. The van der Waals surface area contributed by atoms with E-state index in [1.807, 2.05) is 24.1 Å². The Bertz CT molecular complexity index is 597. The van der Waals surface area contributed by atoms with Crippen LogP contribution in [0.2, 0.25) is 0 Å². The van der Waals surface area contributed by atoms with Crippen LogP contribution in [0.5, 0.6) is 0 Å². The highest BCUT2D eigenvalue weighted by Crippen LogP contribution is 2.32. The predicted octanol–water partition coefficient (Wildman–Crippen LogP) is 2.57. The van der Waals surface area contributed by atoms with Crippen LogP contribution in [0.3, 0.4) is 0 Å². The zero-order chi connectivity index (χ0) is 14.7. The summed E-state index contributed by atoms with van der Waals surface area (Å²) in [5.74, 6) is 0.402. The van der Waals surface area contributed by atoms with E-state index < -0.39 is 0 Å². The van der Waals surface area contributed by atoms with Crippen molar-refractivity contribution < 1.29 is 4.79 Å². The first-order valence-corrected chi connectivity index (χ1v) is 7.33. The second kappa shape index (κ2) is 6.10. The van der Waals surface area contributed by atoms with E-state index in [1.165, 1.54) is 11.1 Å². The van der Waals surface area contributed by atoms with Gasteiger partial charge in [-0.25, -0.2) is 0 Å². The van der Waals surface area contributed by atoms with Crippen LogP contribution in [0, 0.1) is 0 Å². The second-order valence-corrected chi connectivity index (χ2v) is 5.56. The lowest BCUT2D eigenvalue weighted by Crippen LogP contribution is -2.31. The van der Waals surface area contributed by atoms with Gasteiger partial charge >= 0.3 is 0 Å². The average Bonchev–Trinajstić information content (AvgIpc) is 2.69. The molecule has 1 heterocycles. The van der Waals surface area contributed by atoms with Crippen molar-refractivity contribution in [3.05, 3.63) is 71.8 Å². The predicted molar refractivity (Wildman–Crippen MR) is 84.0 cm³/mol. The lowest BCUT2D eigenvalue weighted by atomic mass is 9.87. The maximum Gasteiger partial charge on any atom is 0.236 e. The van der Waals surface area contributed by atoms with Gasteiger partial charge in [0.15, 0.2) is 0 Å². The summed E-state index contributed by atoms with van der Waals surface area (Å²) in [6.07, 6.45) is 0. The van der Waals surface area contributed by atoms with Gasteiger partial charge in [-0.1, -0.05) is 60.7 Å². The van der Waals surface area contributed by atoms with Gasteiger partial charge in [-0.15, -0.1) is 0 Å². The van der Waals surface area contributed by atoms with E-state index in [9.17, 15) is 4.79 Å². The first kappa shape index (κ1) is 13.8. The van der Waals surface area contributed by atoms with Crippen molar-refractivity contribution in [2.24, 2.45) is 0 Å². The first-order chi connectivity index (χ1) is 10.3. The van der Waals surface area contributed by atoms with Crippen molar-refractivity contribution in [2.45, 2.75) is 12.0 Å². The quantitative estimate of drug-likeness (QED) is 0.917. The molecule has 2 aromatic rings. The third-order valence-electron chi connectivity index (χ3n) is 4.16. The van der Waals surface area contributed by atoms with Crippen LogP contribution in [-0.4, -0.2) is 30.9 Å². The van der Waals surface area contributed by atoms with Crippen LogP contribution in [0.25, 0.3) is 0 Å². The van der Waals surface area contributed by atoms with Crippen LogP contribution in [-0.2, 0) is 4.79 Å². The summed E-state index contributed by atoms with van der Waals surface area (Å²) in [6.45, 7) is 1.12. The number of rotatable bonds is 2. The van der Waals surface area contributed by atoms with Crippen molar-refractivity contribution in [3.8, 4) is 0 Å². The molecule has 1 N–H and O–H groups in total. The third-order valence-corrected chi connectivity index (χ3v) is 4.16. The molecule has 3 nitrogen and oxygen atoms in total. The number of nitrogens with zero attached hydrogens (tertiary/aromatic N) is 1. The summed E-state index contributed by atoms with van der Waals surface area (Å²) in [6, 6.07) is 21.0. The molecule has 0 unspecified atom stereocenters. The molecule has 1 aliphatic rings. The van der Waals surface area contributed by atoms with Gasteiger partial charge in [0.05, 0.1) is 6.54 Å². The average molecular weight is 280 g/mol. The number of likely N-dealkylation sites (N-methyl/N-ethyl adjacent to an activating group) is 1. The fourth-order valence-electron chi connectivity index (χ4n) is 2.99. The minimum absolute atomic E-state index is 0.148. The molecule has 1 aliphatic heterocycles. The molecule has 108 valence electrons. The molecule has 2 atom stereocenters. The van der Waals surface area contributed by atoms with Gasteiger partial charge in [0.1, 0.15) is 0 Å². The highest BCUT2D eigenvalue weighted by Gasteiger charge is 2.30. The molecular formula is C18H20N2O. The van der Waals surface area contributed by atoms with Crippen molar-refractivity contribution in [3.63, 3.8) is 0 Å². The maximum absolute atomic E-state index is 12.0. The maximum atomic E-state index is 12.0. The van der Waals surface area contributed by atoms with E-state index in [1.54, 1.807) is 0 Å². The Labute approximate surface area is 125 Å². The van der Waals surface area contributed by atoms with E-state index in [0.29, 0.717) is 6.54 Å². The van der Waals surface area contributed by atoms with Crippen LogP contribution >= 0.6 is 0 Å². The Balaban J connectivity index is 1.99. The summed E-state index contributed by atoms with van der Waals surface area (Å²) >= 11 is 0. The van der Waals surface area contributed by atoms with E-state index in [4.69, 9.17) is 0 Å². The van der Waals surface area contributed by atoms with Gasteiger partial charge in [0.25, 0.3) is 0 Å². The van der Waals surface area contributed by atoms with Gasteiger partial charge < -0.3 is 10.2 Å². The highest BCUT2D eigenvalue weighted by molar-refractivity contribution is 5.78. The number of carbonyl (C=O) groups is 1. The zero-order valence-corrected chi connectivity index (χ0v) is 12.2. The Morgan fingerprint density at radius 1 is 0.952 bits per heavy atom. The standard InChI is InChI=1S/C18H20N2O/c1-20-13-16(14-8-4-2-5-9-14)18(19-12-17(20)21)15-10-6-3-7-11-15/h2-11,16,18-19H,12-13H2,1H3/t16-,18+/m1/s1. The Kier molecular flexibility index (Phi) is 4.02. The summed E-state index contributed by atoms with van der Waals surface area (Å²) in [5.41, 5.74) is 2.50. The van der Waals surface area contributed by atoms with E-state index in [-0.39, 0.29) is 17.9 Å². The van der Waals surface area contributed by atoms with E-state index in [2.05, 4.69) is 53.8 Å². The molecule has 0 aliphatic carbocycles. The van der Waals surface area contributed by atoms with E-state index in [0.717, 1.165) is 6.54 Å². The number of nitrogens with one attached hydrogen (secondary N) is 1. The molecule has 0 radical (unpaired) electrons. The molecule has 0 spiro atoms. The molecule has 3 rings (SSSR count). The van der Waals surface area contributed by atoms with Crippen LogP contribution in [0.4, 0.5) is 0 Å². The topological polar surface area (TPSA) is 32.3 Å². The monoisotopic (exact) mass is 280 g/mol. The number of hydrogen-bond donors (Lipinski definition) is 1. The van der Waals surface area contributed by atoms with E-state index >= 15 is 0 Å². The van der Waals surface area contributed by atoms with Gasteiger partial charge in [-0.3, -0.25) is 4.79 Å². The van der Waals surface area contributed by atoms with Crippen LogP contribution < -0.4 is 5.32 Å². The number of benzene rings is 2. The highest BCUT2D eigenvalue weighted by atomic mass is 16.2. The third kappa shape index (κ3) is 2.98. The number of amides is 1. The Morgan fingerprint density at radius 3 is 2.14 bits per heavy atom. The molecule has 1 amide bonds.